The van der Waals surface area contributed by atoms with Crippen LogP contribution in [0, 0.1) is 6.92 Å². The zero-order valence-corrected chi connectivity index (χ0v) is 19.1. The van der Waals surface area contributed by atoms with Gasteiger partial charge in [-0.25, -0.2) is 4.98 Å². The third kappa shape index (κ3) is 5.44. The van der Waals surface area contributed by atoms with Gasteiger partial charge in [-0.2, -0.15) is 0 Å². The number of benzene rings is 1. The van der Waals surface area contributed by atoms with Crippen LogP contribution in [0.2, 0.25) is 0 Å². The van der Waals surface area contributed by atoms with E-state index in [0.29, 0.717) is 5.13 Å². The maximum atomic E-state index is 5.61. The molecular formula is C19H20N6S4. The van der Waals surface area contributed by atoms with Crippen LogP contribution in [0.15, 0.2) is 50.9 Å². The lowest BCUT2D eigenvalue weighted by molar-refractivity contribution is 1.01. The van der Waals surface area contributed by atoms with E-state index < -0.39 is 0 Å². The summed E-state index contributed by atoms with van der Waals surface area (Å²) in [6.45, 7) is 2.16. The fourth-order valence-corrected chi connectivity index (χ4v) is 6.41. The first kappa shape index (κ1) is 20.5. The highest BCUT2D eigenvalue weighted by molar-refractivity contribution is 8.01. The number of hydrogen-bond donors (Lipinski definition) is 2. The molecule has 4 rings (SSSR count). The summed E-state index contributed by atoms with van der Waals surface area (Å²) >= 11 is 6.74. The van der Waals surface area contributed by atoms with Crippen molar-refractivity contribution >= 4 is 62.8 Å². The molecule has 0 atom stereocenters. The van der Waals surface area contributed by atoms with Gasteiger partial charge in [0, 0.05) is 22.6 Å². The molecule has 0 spiro atoms. The molecular weight excluding hydrogens is 441 g/mol. The second kappa shape index (κ2) is 9.84. The second-order valence-electron chi connectivity index (χ2n) is 6.19. The third-order valence-electron chi connectivity index (χ3n) is 4.17. The van der Waals surface area contributed by atoms with Gasteiger partial charge in [-0.1, -0.05) is 47.0 Å². The van der Waals surface area contributed by atoms with Gasteiger partial charge in [-0.3, -0.25) is 4.98 Å². The second-order valence-corrected chi connectivity index (χ2v) is 10.6. The molecule has 10 heteroatoms. The third-order valence-corrected chi connectivity index (χ3v) is 8.27. The Kier molecular flexibility index (Phi) is 6.96. The lowest BCUT2D eigenvalue weighted by atomic mass is 10.2. The summed E-state index contributed by atoms with van der Waals surface area (Å²) in [4.78, 5) is 13.9. The van der Waals surface area contributed by atoms with Gasteiger partial charge in [0.2, 0.25) is 5.13 Å². The number of nitrogens with one attached hydrogen (secondary N) is 1. The molecule has 3 heterocycles. The molecule has 150 valence electrons. The number of pyridine rings is 1. The van der Waals surface area contributed by atoms with E-state index in [2.05, 4.69) is 38.1 Å². The maximum absolute atomic E-state index is 5.61. The van der Waals surface area contributed by atoms with Gasteiger partial charge in [-0.05, 0) is 42.9 Å². The van der Waals surface area contributed by atoms with E-state index >= 15 is 0 Å². The number of H-pyrrole nitrogens is 1. The molecule has 0 radical (unpaired) electrons. The molecule has 0 aliphatic heterocycles. The number of nitrogens with two attached hydrogens (primary N) is 1. The fraction of sp³-hybridized carbons (Fsp3) is 0.263. The summed E-state index contributed by atoms with van der Waals surface area (Å²) in [5.74, 6) is 2.87. The quantitative estimate of drug-likeness (QED) is 0.258. The standard InChI is InChI=1S/C19H20N6S4/c1-12-15(11-28-18-22-13-5-2-3-6-14(13)23-18)21-8-7-16(12)26-9-4-10-27-19-25-24-17(20)29-19/h2-3,5-8H,4,9-11H2,1H3,(H2,20,24)(H,22,23). The SMILES string of the molecule is Cc1c(SCCCSc2nnc(N)s2)ccnc1CSc1nc2ccccc2[nH]1. The van der Waals surface area contributed by atoms with Crippen LogP contribution in [-0.4, -0.2) is 36.7 Å². The highest BCUT2D eigenvalue weighted by atomic mass is 32.2. The van der Waals surface area contributed by atoms with Crippen molar-refractivity contribution in [3.8, 4) is 0 Å². The highest BCUT2D eigenvalue weighted by Gasteiger charge is 2.09. The van der Waals surface area contributed by atoms with Gasteiger partial charge in [0.25, 0.3) is 0 Å². The molecule has 29 heavy (non-hydrogen) atoms. The van der Waals surface area contributed by atoms with Crippen LogP contribution in [0.1, 0.15) is 17.7 Å². The Morgan fingerprint density at radius 2 is 1.93 bits per heavy atom. The first-order chi connectivity index (χ1) is 14.2. The Morgan fingerprint density at radius 1 is 1.07 bits per heavy atom. The van der Waals surface area contributed by atoms with Crippen LogP contribution < -0.4 is 5.73 Å². The molecule has 3 aromatic heterocycles. The number of para-hydroxylation sites is 2. The molecule has 0 bridgehead atoms. The number of thioether (sulfide) groups is 3. The van der Waals surface area contributed by atoms with Gasteiger partial charge in [0.15, 0.2) is 9.50 Å². The van der Waals surface area contributed by atoms with Crippen molar-refractivity contribution < 1.29 is 0 Å². The van der Waals surface area contributed by atoms with Crippen LogP contribution in [0.5, 0.6) is 0 Å². The first-order valence-corrected chi connectivity index (χ1v) is 12.8. The fourth-order valence-electron chi connectivity index (χ4n) is 2.67. The molecule has 0 saturated heterocycles. The summed E-state index contributed by atoms with van der Waals surface area (Å²) in [5, 5.41) is 9.34. The molecule has 0 saturated carbocycles. The first-order valence-electron chi connectivity index (χ1n) is 9.05. The van der Waals surface area contributed by atoms with Crippen molar-refractivity contribution in [3.05, 3.63) is 47.8 Å². The number of nitrogens with zero attached hydrogens (tertiary/aromatic N) is 4. The Labute approximate surface area is 185 Å². The molecule has 0 aliphatic rings. The molecule has 4 aromatic rings. The topological polar surface area (TPSA) is 93.4 Å². The smallest absolute Gasteiger partial charge is 0.203 e. The Balaban J connectivity index is 1.28. The zero-order valence-electron chi connectivity index (χ0n) is 15.8. The summed E-state index contributed by atoms with van der Waals surface area (Å²) in [6.07, 6.45) is 3.00. The summed E-state index contributed by atoms with van der Waals surface area (Å²) in [6, 6.07) is 10.2. The van der Waals surface area contributed by atoms with E-state index in [9.17, 15) is 0 Å². The van der Waals surface area contributed by atoms with E-state index in [1.165, 1.54) is 21.8 Å². The minimum atomic E-state index is 0.530. The Morgan fingerprint density at radius 3 is 2.76 bits per heavy atom. The normalized spacial score (nSPS) is 11.3. The molecule has 3 N–H and O–H groups in total. The minimum Gasteiger partial charge on any atom is -0.374 e. The number of fused-ring (bicyclic) bond motifs is 1. The van der Waals surface area contributed by atoms with Gasteiger partial charge in [0.05, 0.1) is 16.7 Å². The Hall–Kier alpha value is -1.75. The van der Waals surface area contributed by atoms with Crippen molar-refractivity contribution in [1.29, 1.82) is 0 Å². The predicted molar refractivity (Wildman–Crippen MR) is 125 cm³/mol. The van der Waals surface area contributed by atoms with Crippen LogP contribution in [0.4, 0.5) is 5.13 Å². The zero-order chi connectivity index (χ0) is 20.1. The van der Waals surface area contributed by atoms with Crippen molar-refractivity contribution in [3.63, 3.8) is 0 Å². The minimum absolute atomic E-state index is 0.530. The largest absolute Gasteiger partial charge is 0.374 e. The van der Waals surface area contributed by atoms with Crippen molar-refractivity contribution in [1.82, 2.24) is 25.1 Å². The Bertz CT molecular complexity index is 1060. The number of aromatic amines is 1. The molecule has 0 amide bonds. The molecule has 0 fully saturated rings. The average Bonchev–Trinajstić information content (AvgIpc) is 3.33. The van der Waals surface area contributed by atoms with Crippen LogP contribution >= 0.6 is 46.6 Å². The molecule has 0 aliphatic carbocycles. The van der Waals surface area contributed by atoms with Gasteiger partial charge >= 0.3 is 0 Å². The van der Waals surface area contributed by atoms with E-state index in [-0.39, 0.29) is 0 Å². The van der Waals surface area contributed by atoms with Crippen LogP contribution in [-0.2, 0) is 5.75 Å². The summed E-state index contributed by atoms with van der Waals surface area (Å²) in [7, 11) is 0. The average molecular weight is 461 g/mol. The highest BCUT2D eigenvalue weighted by Crippen LogP contribution is 2.30. The predicted octanol–water partition coefficient (Wildman–Crippen LogP) is 5.27. The summed E-state index contributed by atoms with van der Waals surface area (Å²) in [5.41, 5.74) is 10.0. The van der Waals surface area contributed by atoms with E-state index in [0.717, 1.165) is 49.9 Å². The monoisotopic (exact) mass is 460 g/mol. The number of nitrogen functional groups attached to an aromatic ring is 1. The number of hydrogen-bond acceptors (Lipinski definition) is 9. The summed E-state index contributed by atoms with van der Waals surface area (Å²) < 4.78 is 0.942. The lowest BCUT2D eigenvalue weighted by Crippen LogP contribution is -1.95. The van der Waals surface area contributed by atoms with E-state index in [1.807, 2.05) is 42.2 Å². The van der Waals surface area contributed by atoms with Crippen molar-refractivity contribution in [2.75, 3.05) is 17.2 Å². The van der Waals surface area contributed by atoms with Gasteiger partial charge in [0.1, 0.15) is 0 Å². The molecule has 1 aromatic carbocycles. The number of rotatable bonds is 9. The van der Waals surface area contributed by atoms with Crippen LogP contribution in [0.3, 0.4) is 0 Å². The van der Waals surface area contributed by atoms with Crippen molar-refractivity contribution in [2.24, 2.45) is 0 Å². The number of imidazole rings is 1. The molecule has 6 nitrogen and oxygen atoms in total. The van der Waals surface area contributed by atoms with Crippen molar-refractivity contribution in [2.45, 2.75) is 33.5 Å². The molecule has 0 unspecified atom stereocenters. The maximum Gasteiger partial charge on any atom is 0.203 e. The van der Waals surface area contributed by atoms with E-state index in [1.54, 1.807) is 23.5 Å². The van der Waals surface area contributed by atoms with Gasteiger partial charge in [-0.15, -0.1) is 22.0 Å². The number of aromatic nitrogens is 5. The number of anilines is 1. The van der Waals surface area contributed by atoms with E-state index in [4.69, 9.17) is 5.73 Å². The van der Waals surface area contributed by atoms with Gasteiger partial charge < -0.3 is 10.7 Å². The van der Waals surface area contributed by atoms with Crippen LogP contribution in [0.25, 0.3) is 11.0 Å². The lowest BCUT2D eigenvalue weighted by Gasteiger charge is -2.09.